The van der Waals surface area contributed by atoms with Crippen LogP contribution in [-0.2, 0) is 0 Å². The standard InChI is InChI=1S/C12H16N2O3/c1-12(2,3)13-8-11(15)9-5-4-6-10(7-9)14(16)17/h4-7,13H,8H2,1-3H3. The SMILES string of the molecule is CC(C)(C)NCC(=O)c1cccc([N+](=O)[O-])c1. The molecule has 0 amide bonds. The van der Waals surface area contributed by atoms with Crippen LogP contribution in [-0.4, -0.2) is 22.8 Å². The Balaban J connectivity index is 2.76. The van der Waals surface area contributed by atoms with Crippen molar-refractivity contribution >= 4 is 11.5 Å². The summed E-state index contributed by atoms with van der Waals surface area (Å²) in [4.78, 5) is 21.8. The first-order valence-electron chi connectivity index (χ1n) is 5.32. The van der Waals surface area contributed by atoms with Gasteiger partial charge >= 0.3 is 0 Å². The van der Waals surface area contributed by atoms with Crippen molar-refractivity contribution in [1.29, 1.82) is 0 Å². The molecular weight excluding hydrogens is 220 g/mol. The van der Waals surface area contributed by atoms with Gasteiger partial charge in [-0.05, 0) is 20.8 Å². The predicted molar refractivity (Wildman–Crippen MR) is 65.2 cm³/mol. The van der Waals surface area contributed by atoms with Crippen molar-refractivity contribution in [1.82, 2.24) is 5.32 Å². The maximum absolute atomic E-state index is 11.8. The Labute approximate surface area is 100.0 Å². The van der Waals surface area contributed by atoms with E-state index in [1.165, 1.54) is 18.2 Å². The minimum atomic E-state index is -0.506. The molecule has 0 aliphatic rings. The third-order valence-electron chi connectivity index (χ3n) is 2.16. The minimum absolute atomic E-state index is 0.0633. The first kappa shape index (κ1) is 13.3. The van der Waals surface area contributed by atoms with E-state index in [2.05, 4.69) is 5.32 Å². The molecule has 5 heteroatoms. The highest BCUT2D eigenvalue weighted by Gasteiger charge is 2.14. The van der Waals surface area contributed by atoms with Gasteiger partial charge in [0.25, 0.3) is 5.69 Å². The third-order valence-corrected chi connectivity index (χ3v) is 2.16. The lowest BCUT2D eigenvalue weighted by atomic mass is 10.1. The number of nitrogens with one attached hydrogen (secondary N) is 1. The van der Waals surface area contributed by atoms with Crippen LogP contribution in [0.15, 0.2) is 24.3 Å². The normalized spacial score (nSPS) is 11.2. The molecule has 1 aromatic rings. The Morgan fingerprint density at radius 3 is 2.59 bits per heavy atom. The predicted octanol–water partition coefficient (Wildman–Crippen LogP) is 2.17. The van der Waals surface area contributed by atoms with Crippen molar-refractivity contribution < 1.29 is 9.72 Å². The largest absolute Gasteiger partial charge is 0.305 e. The van der Waals surface area contributed by atoms with E-state index in [-0.39, 0.29) is 23.6 Å². The molecule has 17 heavy (non-hydrogen) atoms. The molecular formula is C12H16N2O3. The fourth-order valence-electron chi connectivity index (χ4n) is 1.24. The number of benzene rings is 1. The van der Waals surface area contributed by atoms with Gasteiger partial charge in [-0.1, -0.05) is 12.1 Å². The smallest absolute Gasteiger partial charge is 0.270 e. The van der Waals surface area contributed by atoms with Gasteiger partial charge in [0.05, 0.1) is 11.5 Å². The molecule has 5 nitrogen and oxygen atoms in total. The van der Waals surface area contributed by atoms with Crippen LogP contribution in [0.5, 0.6) is 0 Å². The van der Waals surface area contributed by atoms with E-state index in [1.807, 2.05) is 20.8 Å². The summed E-state index contributed by atoms with van der Waals surface area (Å²) >= 11 is 0. The van der Waals surface area contributed by atoms with Gasteiger partial charge in [-0.2, -0.15) is 0 Å². The minimum Gasteiger partial charge on any atom is -0.305 e. The molecule has 1 aromatic carbocycles. The Bertz CT molecular complexity index is 436. The second kappa shape index (κ2) is 5.05. The molecule has 1 N–H and O–H groups in total. The van der Waals surface area contributed by atoms with Gasteiger partial charge in [0.1, 0.15) is 0 Å². The van der Waals surface area contributed by atoms with Crippen molar-refractivity contribution in [2.24, 2.45) is 0 Å². The van der Waals surface area contributed by atoms with E-state index in [9.17, 15) is 14.9 Å². The molecule has 0 bridgehead atoms. The average Bonchev–Trinajstić information content (AvgIpc) is 2.25. The molecule has 0 atom stereocenters. The molecule has 0 fully saturated rings. The number of non-ortho nitro benzene ring substituents is 1. The van der Waals surface area contributed by atoms with Gasteiger partial charge in [-0.25, -0.2) is 0 Å². The van der Waals surface area contributed by atoms with Crippen LogP contribution in [0.2, 0.25) is 0 Å². The number of carbonyl (C=O) groups excluding carboxylic acids is 1. The van der Waals surface area contributed by atoms with Crippen molar-refractivity contribution in [3.63, 3.8) is 0 Å². The van der Waals surface area contributed by atoms with Crippen molar-refractivity contribution in [2.75, 3.05) is 6.54 Å². The van der Waals surface area contributed by atoms with Gasteiger partial charge < -0.3 is 5.32 Å². The van der Waals surface area contributed by atoms with E-state index in [0.717, 1.165) is 0 Å². The maximum atomic E-state index is 11.8. The summed E-state index contributed by atoms with van der Waals surface area (Å²) in [6, 6.07) is 5.77. The Morgan fingerprint density at radius 1 is 1.41 bits per heavy atom. The number of ketones is 1. The van der Waals surface area contributed by atoms with Gasteiger partial charge in [-0.15, -0.1) is 0 Å². The third kappa shape index (κ3) is 4.32. The molecule has 0 radical (unpaired) electrons. The summed E-state index contributed by atoms with van der Waals surface area (Å²) < 4.78 is 0. The lowest BCUT2D eigenvalue weighted by molar-refractivity contribution is -0.384. The van der Waals surface area contributed by atoms with Crippen LogP contribution in [0.1, 0.15) is 31.1 Å². The fraction of sp³-hybridized carbons (Fsp3) is 0.417. The topological polar surface area (TPSA) is 72.2 Å². The zero-order valence-electron chi connectivity index (χ0n) is 10.2. The van der Waals surface area contributed by atoms with E-state index >= 15 is 0 Å². The summed E-state index contributed by atoms with van der Waals surface area (Å²) in [6.07, 6.45) is 0. The highest BCUT2D eigenvalue weighted by Crippen LogP contribution is 2.13. The molecule has 0 aromatic heterocycles. The van der Waals surface area contributed by atoms with Crippen molar-refractivity contribution in [3.8, 4) is 0 Å². The maximum Gasteiger partial charge on any atom is 0.270 e. The summed E-state index contributed by atoms with van der Waals surface area (Å²) in [6.45, 7) is 6.03. The molecule has 0 spiro atoms. The quantitative estimate of drug-likeness (QED) is 0.494. The molecule has 0 heterocycles. The van der Waals surface area contributed by atoms with Crippen LogP contribution in [0.3, 0.4) is 0 Å². The van der Waals surface area contributed by atoms with Gasteiger partial charge in [0.15, 0.2) is 5.78 Å². The van der Waals surface area contributed by atoms with Crippen LogP contribution in [0, 0.1) is 10.1 Å². The van der Waals surface area contributed by atoms with Gasteiger partial charge in [0, 0.05) is 23.2 Å². The molecule has 1 rings (SSSR count). The highest BCUT2D eigenvalue weighted by molar-refractivity contribution is 5.98. The summed E-state index contributed by atoms with van der Waals surface area (Å²) in [5, 5.41) is 13.6. The van der Waals surface area contributed by atoms with Crippen LogP contribution >= 0.6 is 0 Å². The average molecular weight is 236 g/mol. The van der Waals surface area contributed by atoms with E-state index in [4.69, 9.17) is 0 Å². The Kier molecular flexibility index (Phi) is 3.96. The van der Waals surface area contributed by atoms with Crippen LogP contribution in [0.25, 0.3) is 0 Å². The number of nitrogens with zero attached hydrogens (tertiary/aromatic N) is 1. The molecule has 0 saturated carbocycles. The van der Waals surface area contributed by atoms with E-state index < -0.39 is 4.92 Å². The number of rotatable bonds is 4. The molecule has 0 unspecified atom stereocenters. The second-order valence-electron chi connectivity index (χ2n) is 4.83. The first-order chi connectivity index (χ1) is 7.79. The molecule has 92 valence electrons. The van der Waals surface area contributed by atoms with Crippen molar-refractivity contribution in [2.45, 2.75) is 26.3 Å². The zero-order valence-corrected chi connectivity index (χ0v) is 10.2. The number of Topliss-reactive ketones (excluding diaryl/α,β-unsaturated/α-hetero) is 1. The molecule has 0 saturated heterocycles. The van der Waals surface area contributed by atoms with Crippen LogP contribution < -0.4 is 5.32 Å². The number of nitro benzene ring substituents is 1. The van der Waals surface area contributed by atoms with E-state index in [1.54, 1.807) is 6.07 Å². The number of nitro groups is 1. The summed E-state index contributed by atoms with van der Waals surface area (Å²) in [5.74, 6) is -0.149. The molecule has 0 aliphatic heterocycles. The first-order valence-corrected chi connectivity index (χ1v) is 5.32. The lowest BCUT2D eigenvalue weighted by Crippen LogP contribution is -2.39. The summed E-state index contributed by atoms with van der Waals surface area (Å²) in [5.41, 5.74) is 0.138. The number of hydrogen-bond donors (Lipinski definition) is 1. The lowest BCUT2D eigenvalue weighted by Gasteiger charge is -2.19. The monoisotopic (exact) mass is 236 g/mol. The summed E-state index contributed by atoms with van der Waals surface area (Å²) in [7, 11) is 0. The number of hydrogen-bond acceptors (Lipinski definition) is 4. The molecule has 0 aliphatic carbocycles. The van der Waals surface area contributed by atoms with Crippen molar-refractivity contribution in [3.05, 3.63) is 39.9 Å². The second-order valence-corrected chi connectivity index (χ2v) is 4.83. The fourth-order valence-corrected chi connectivity index (χ4v) is 1.24. The Morgan fingerprint density at radius 2 is 2.06 bits per heavy atom. The Hall–Kier alpha value is -1.75. The highest BCUT2D eigenvalue weighted by atomic mass is 16.6. The van der Waals surface area contributed by atoms with E-state index in [0.29, 0.717) is 5.56 Å². The van der Waals surface area contributed by atoms with Crippen LogP contribution in [0.4, 0.5) is 5.69 Å². The van der Waals surface area contributed by atoms with Gasteiger partial charge in [0.2, 0.25) is 0 Å². The zero-order chi connectivity index (χ0) is 13.1. The number of carbonyl (C=O) groups is 1. The van der Waals surface area contributed by atoms with Gasteiger partial charge in [-0.3, -0.25) is 14.9 Å².